The molecule has 2 N–H and O–H groups in total. The standard InChI is InChI=1S/C22H20ClN3O2/c1-13-9-14(2)21(19(23)10-13)26-20-12-17(7-8-24-20)22(28)25-18-6-4-5-16(11-18)15(3)27/h4-12H,1-3H3,(H,24,26)(H,25,28). The van der Waals surface area contributed by atoms with Crippen molar-refractivity contribution in [2.75, 3.05) is 10.6 Å². The molecule has 6 heteroatoms. The third-order valence-electron chi connectivity index (χ3n) is 4.23. The van der Waals surface area contributed by atoms with E-state index in [1.54, 1.807) is 42.6 Å². The number of aryl methyl sites for hydroxylation is 2. The van der Waals surface area contributed by atoms with Crippen LogP contribution in [0.5, 0.6) is 0 Å². The number of benzene rings is 2. The third kappa shape index (κ3) is 4.56. The van der Waals surface area contributed by atoms with Crippen LogP contribution in [0.1, 0.15) is 38.8 Å². The van der Waals surface area contributed by atoms with E-state index in [2.05, 4.69) is 15.6 Å². The second-order valence-corrected chi connectivity index (χ2v) is 6.99. The van der Waals surface area contributed by atoms with E-state index in [0.717, 1.165) is 16.8 Å². The number of pyridine rings is 1. The van der Waals surface area contributed by atoms with Gasteiger partial charge in [0.25, 0.3) is 5.91 Å². The summed E-state index contributed by atoms with van der Waals surface area (Å²) < 4.78 is 0. The molecule has 3 aromatic rings. The van der Waals surface area contributed by atoms with Crippen molar-refractivity contribution in [3.8, 4) is 0 Å². The van der Waals surface area contributed by atoms with Crippen molar-refractivity contribution in [2.24, 2.45) is 0 Å². The van der Waals surface area contributed by atoms with Gasteiger partial charge in [-0.1, -0.05) is 29.8 Å². The van der Waals surface area contributed by atoms with E-state index in [1.807, 2.05) is 26.0 Å². The molecule has 0 fully saturated rings. The number of Topliss-reactive ketones (excluding diaryl/α,β-unsaturated/α-hetero) is 1. The Morgan fingerprint density at radius 1 is 1.00 bits per heavy atom. The fraction of sp³-hybridized carbons (Fsp3) is 0.136. The summed E-state index contributed by atoms with van der Waals surface area (Å²) in [5.41, 5.74) is 4.35. The number of nitrogens with zero attached hydrogens (tertiary/aromatic N) is 1. The number of ketones is 1. The number of nitrogens with one attached hydrogen (secondary N) is 2. The lowest BCUT2D eigenvalue weighted by Crippen LogP contribution is -2.13. The Balaban J connectivity index is 1.80. The molecule has 0 saturated heterocycles. The van der Waals surface area contributed by atoms with Gasteiger partial charge in [0.2, 0.25) is 0 Å². The van der Waals surface area contributed by atoms with Gasteiger partial charge in [-0.3, -0.25) is 9.59 Å². The molecule has 0 aliphatic carbocycles. The molecule has 0 spiro atoms. The molecule has 142 valence electrons. The van der Waals surface area contributed by atoms with E-state index in [4.69, 9.17) is 11.6 Å². The van der Waals surface area contributed by atoms with Gasteiger partial charge in [0.15, 0.2) is 5.78 Å². The molecule has 0 bridgehead atoms. The van der Waals surface area contributed by atoms with Gasteiger partial charge in [-0.05, 0) is 62.2 Å². The van der Waals surface area contributed by atoms with E-state index in [-0.39, 0.29) is 11.7 Å². The minimum atomic E-state index is -0.294. The van der Waals surface area contributed by atoms with Crippen LogP contribution in [-0.2, 0) is 0 Å². The number of aromatic nitrogens is 1. The van der Waals surface area contributed by atoms with Crippen LogP contribution in [-0.4, -0.2) is 16.7 Å². The molecule has 1 aromatic heterocycles. The molecule has 0 atom stereocenters. The first-order valence-electron chi connectivity index (χ1n) is 8.75. The summed E-state index contributed by atoms with van der Waals surface area (Å²) in [6, 6.07) is 14.0. The quantitative estimate of drug-likeness (QED) is 0.557. The highest BCUT2D eigenvalue weighted by Gasteiger charge is 2.11. The van der Waals surface area contributed by atoms with Crippen molar-refractivity contribution in [3.05, 3.63) is 82.0 Å². The van der Waals surface area contributed by atoms with Crippen molar-refractivity contribution in [1.82, 2.24) is 4.98 Å². The van der Waals surface area contributed by atoms with Gasteiger partial charge in [0.1, 0.15) is 5.82 Å². The van der Waals surface area contributed by atoms with Gasteiger partial charge in [-0.25, -0.2) is 4.98 Å². The Kier molecular flexibility index (Phi) is 5.76. The molecule has 2 aromatic carbocycles. The molecule has 3 rings (SSSR count). The molecular formula is C22H20ClN3O2. The van der Waals surface area contributed by atoms with Crippen molar-refractivity contribution in [3.63, 3.8) is 0 Å². The minimum absolute atomic E-state index is 0.0585. The van der Waals surface area contributed by atoms with E-state index in [0.29, 0.717) is 27.7 Å². The highest BCUT2D eigenvalue weighted by molar-refractivity contribution is 6.33. The maximum absolute atomic E-state index is 12.6. The summed E-state index contributed by atoms with van der Waals surface area (Å²) in [5, 5.41) is 6.58. The first-order chi connectivity index (χ1) is 13.3. The Hall–Kier alpha value is -3.18. The summed E-state index contributed by atoms with van der Waals surface area (Å²) in [7, 11) is 0. The zero-order valence-electron chi connectivity index (χ0n) is 15.8. The number of carbonyl (C=O) groups excluding carboxylic acids is 2. The topological polar surface area (TPSA) is 71.1 Å². The number of hydrogen-bond donors (Lipinski definition) is 2. The molecule has 1 heterocycles. The second-order valence-electron chi connectivity index (χ2n) is 6.58. The number of halogens is 1. The van der Waals surface area contributed by atoms with Crippen LogP contribution in [0, 0.1) is 13.8 Å². The van der Waals surface area contributed by atoms with Crippen molar-refractivity contribution in [2.45, 2.75) is 20.8 Å². The van der Waals surface area contributed by atoms with E-state index < -0.39 is 0 Å². The van der Waals surface area contributed by atoms with Crippen LogP contribution in [0.3, 0.4) is 0 Å². The van der Waals surface area contributed by atoms with E-state index in [9.17, 15) is 9.59 Å². The Morgan fingerprint density at radius 3 is 2.50 bits per heavy atom. The van der Waals surface area contributed by atoms with E-state index >= 15 is 0 Å². The maximum atomic E-state index is 12.6. The summed E-state index contributed by atoms with van der Waals surface area (Å²) in [6.07, 6.45) is 1.56. The minimum Gasteiger partial charge on any atom is -0.339 e. The molecule has 0 unspecified atom stereocenters. The number of amides is 1. The zero-order valence-corrected chi connectivity index (χ0v) is 16.6. The fourth-order valence-corrected chi connectivity index (χ4v) is 3.23. The molecule has 0 radical (unpaired) electrons. The normalized spacial score (nSPS) is 10.4. The molecule has 28 heavy (non-hydrogen) atoms. The van der Waals surface area contributed by atoms with Crippen molar-refractivity contribution >= 4 is 40.5 Å². The predicted octanol–water partition coefficient (Wildman–Crippen LogP) is 5.55. The van der Waals surface area contributed by atoms with Crippen LogP contribution in [0.2, 0.25) is 5.02 Å². The van der Waals surface area contributed by atoms with Crippen molar-refractivity contribution < 1.29 is 9.59 Å². The molecule has 0 saturated carbocycles. The Labute approximate surface area is 168 Å². The number of hydrogen-bond acceptors (Lipinski definition) is 4. The number of anilines is 3. The lowest BCUT2D eigenvalue weighted by Gasteiger charge is -2.13. The van der Waals surface area contributed by atoms with Crippen LogP contribution < -0.4 is 10.6 Å². The highest BCUT2D eigenvalue weighted by Crippen LogP contribution is 2.29. The van der Waals surface area contributed by atoms with Gasteiger partial charge >= 0.3 is 0 Å². The van der Waals surface area contributed by atoms with Crippen LogP contribution in [0.4, 0.5) is 17.2 Å². The summed E-state index contributed by atoms with van der Waals surface area (Å²) >= 11 is 6.34. The maximum Gasteiger partial charge on any atom is 0.255 e. The monoisotopic (exact) mass is 393 g/mol. The largest absolute Gasteiger partial charge is 0.339 e. The fourth-order valence-electron chi connectivity index (χ4n) is 2.86. The van der Waals surface area contributed by atoms with Gasteiger partial charge in [-0.15, -0.1) is 0 Å². The van der Waals surface area contributed by atoms with Crippen molar-refractivity contribution in [1.29, 1.82) is 0 Å². The van der Waals surface area contributed by atoms with Gasteiger partial charge in [0, 0.05) is 23.0 Å². The Bertz CT molecular complexity index is 1040. The highest BCUT2D eigenvalue weighted by atomic mass is 35.5. The van der Waals surface area contributed by atoms with E-state index in [1.165, 1.54) is 6.92 Å². The average molecular weight is 394 g/mol. The molecular weight excluding hydrogens is 374 g/mol. The van der Waals surface area contributed by atoms with Crippen LogP contribution in [0.15, 0.2) is 54.7 Å². The zero-order chi connectivity index (χ0) is 20.3. The lowest BCUT2D eigenvalue weighted by atomic mass is 10.1. The second kappa shape index (κ2) is 8.23. The summed E-state index contributed by atoms with van der Waals surface area (Å²) in [5.74, 6) is 0.161. The first-order valence-corrected chi connectivity index (χ1v) is 9.13. The van der Waals surface area contributed by atoms with Gasteiger partial charge in [-0.2, -0.15) is 0 Å². The van der Waals surface area contributed by atoms with Crippen LogP contribution >= 0.6 is 11.6 Å². The average Bonchev–Trinajstić information content (AvgIpc) is 2.65. The molecule has 0 aliphatic rings. The van der Waals surface area contributed by atoms with Crippen LogP contribution in [0.25, 0.3) is 0 Å². The SMILES string of the molecule is CC(=O)c1cccc(NC(=O)c2ccnc(Nc3c(C)cc(C)cc3Cl)c2)c1. The molecule has 1 amide bonds. The smallest absolute Gasteiger partial charge is 0.255 e. The predicted molar refractivity (Wildman–Crippen MR) is 113 cm³/mol. The van der Waals surface area contributed by atoms with Gasteiger partial charge in [0.05, 0.1) is 10.7 Å². The lowest BCUT2D eigenvalue weighted by molar-refractivity contribution is 0.101. The summed E-state index contributed by atoms with van der Waals surface area (Å²) in [4.78, 5) is 28.4. The number of carbonyl (C=O) groups is 2. The summed E-state index contributed by atoms with van der Waals surface area (Å²) in [6.45, 7) is 5.42. The molecule has 0 aliphatic heterocycles. The third-order valence-corrected chi connectivity index (χ3v) is 4.53. The first kappa shape index (κ1) is 19.6. The van der Waals surface area contributed by atoms with Gasteiger partial charge < -0.3 is 10.6 Å². The Morgan fingerprint density at radius 2 is 1.79 bits per heavy atom. The molecule has 5 nitrogen and oxygen atoms in total. The number of rotatable bonds is 5.